The van der Waals surface area contributed by atoms with E-state index >= 15 is 0 Å². The Morgan fingerprint density at radius 1 is 1.00 bits per heavy atom. The van der Waals surface area contributed by atoms with Crippen molar-refractivity contribution < 1.29 is 33.8 Å². The van der Waals surface area contributed by atoms with Crippen molar-refractivity contribution in [1.29, 1.82) is 0 Å². The van der Waals surface area contributed by atoms with Gasteiger partial charge >= 0.3 is 5.97 Å². The highest BCUT2D eigenvalue weighted by Gasteiger charge is 2.73. The van der Waals surface area contributed by atoms with Crippen molar-refractivity contribution in [3.05, 3.63) is 60.2 Å². The number of hydrogen-bond acceptors (Lipinski definition) is 7. The summed E-state index contributed by atoms with van der Waals surface area (Å²) in [4.78, 5) is 61.1. The third kappa shape index (κ3) is 5.15. The lowest BCUT2D eigenvalue weighted by Gasteiger charge is -2.40. The van der Waals surface area contributed by atoms with Crippen molar-refractivity contribution in [2.45, 2.75) is 87.8 Å². The van der Waals surface area contributed by atoms with E-state index in [1.807, 2.05) is 54.3 Å². The van der Waals surface area contributed by atoms with Gasteiger partial charge in [0.1, 0.15) is 23.7 Å². The molecule has 0 unspecified atom stereocenters. The first kappa shape index (κ1) is 30.5. The van der Waals surface area contributed by atoms with Crippen LogP contribution in [0, 0.1) is 11.8 Å². The average Bonchev–Trinajstić information content (AvgIpc) is 3.68. The van der Waals surface area contributed by atoms with Gasteiger partial charge in [-0.2, -0.15) is 0 Å². The number of aliphatic hydroxyl groups excluding tert-OH is 1. The number of ether oxygens (including phenoxy) is 2. The molecule has 5 bridgehead atoms. The zero-order valence-corrected chi connectivity index (χ0v) is 25.5. The number of cyclic esters (lactones) is 1. The summed E-state index contributed by atoms with van der Waals surface area (Å²) in [6.07, 6.45) is 11.6. The first-order chi connectivity index (χ1) is 21.3. The van der Waals surface area contributed by atoms with Crippen molar-refractivity contribution in [3.63, 3.8) is 0 Å². The van der Waals surface area contributed by atoms with E-state index in [-0.39, 0.29) is 43.3 Å². The zero-order valence-electron chi connectivity index (χ0n) is 25.5. The summed E-state index contributed by atoms with van der Waals surface area (Å²) < 4.78 is 12.7. The number of fused-ring (bicyclic) bond motifs is 2. The Bertz CT molecular complexity index is 1330. The normalized spacial score (nSPS) is 35.8. The number of allylic oxidation sites excluding steroid dienone is 1. The number of aliphatic hydroxyl groups is 1. The number of rotatable bonds is 4. The highest BCUT2D eigenvalue weighted by Crippen LogP contribution is 2.56. The van der Waals surface area contributed by atoms with E-state index < -0.39 is 47.7 Å². The number of likely N-dealkylation sites (N-methyl/N-ethyl adjacent to an activating group) is 1. The monoisotopic (exact) mass is 605 g/mol. The lowest BCUT2D eigenvalue weighted by molar-refractivity contribution is -0.164. The largest absolute Gasteiger partial charge is 0.455 e. The van der Waals surface area contributed by atoms with E-state index in [4.69, 9.17) is 9.47 Å². The number of hydrogen-bond donors (Lipinski definition) is 1. The van der Waals surface area contributed by atoms with Crippen LogP contribution < -0.4 is 0 Å². The second kappa shape index (κ2) is 12.5. The van der Waals surface area contributed by atoms with Gasteiger partial charge in [-0.15, -0.1) is 0 Å². The van der Waals surface area contributed by atoms with Gasteiger partial charge in [0.25, 0.3) is 0 Å². The van der Waals surface area contributed by atoms with Crippen LogP contribution in [-0.2, 0) is 28.7 Å². The smallest absolute Gasteiger partial charge is 0.313 e. The van der Waals surface area contributed by atoms with Crippen molar-refractivity contribution in [1.82, 2.24) is 14.7 Å². The molecule has 10 nitrogen and oxygen atoms in total. The quantitative estimate of drug-likeness (QED) is 0.415. The van der Waals surface area contributed by atoms with Gasteiger partial charge in [-0.05, 0) is 31.7 Å². The molecule has 1 saturated carbocycles. The SMILES string of the molecule is C[C@@H]1[C@@H](c2ccccc2)OC(=O)[C@@H]2[C@@H]3C=C[C@]4(O3)[C@H](C(=O)N(C3CCCCC3)C/C=C\CCC(=O)N1C)N(CCO)C(=O)[C@@H]24. The lowest BCUT2D eigenvalue weighted by atomic mass is 9.74. The topological polar surface area (TPSA) is 117 Å². The highest BCUT2D eigenvalue weighted by molar-refractivity contribution is 5.99. The maximum Gasteiger partial charge on any atom is 0.313 e. The Morgan fingerprint density at radius 3 is 2.48 bits per heavy atom. The molecule has 1 aromatic carbocycles. The van der Waals surface area contributed by atoms with Crippen LogP contribution in [-0.4, -0.2) is 100 Å². The van der Waals surface area contributed by atoms with Crippen LogP contribution in [0.25, 0.3) is 0 Å². The van der Waals surface area contributed by atoms with E-state index in [0.717, 1.165) is 37.7 Å². The molecule has 2 saturated heterocycles. The molecular weight excluding hydrogens is 562 g/mol. The number of esters is 1. The molecule has 0 aromatic heterocycles. The summed E-state index contributed by atoms with van der Waals surface area (Å²) >= 11 is 0. The van der Waals surface area contributed by atoms with E-state index in [1.54, 1.807) is 24.1 Å². The second-order valence-electron chi connectivity index (χ2n) is 12.8. The molecule has 7 atom stereocenters. The summed E-state index contributed by atoms with van der Waals surface area (Å²) in [6, 6.07) is 7.80. The van der Waals surface area contributed by atoms with Gasteiger partial charge < -0.3 is 29.3 Å². The summed E-state index contributed by atoms with van der Waals surface area (Å²) in [5.74, 6) is -3.24. The number of nitrogens with zero attached hydrogens (tertiary/aromatic N) is 3. The minimum atomic E-state index is -1.33. The second-order valence-corrected chi connectivity index (χ2v) is 12.8. The van der Waals surface area contributed by atoms with Crippen molar-refractivity contribution >= 4 is 23.7 Å². The maximum absolute atomic E-state index is 14.6. The molecule has 1 spiro atoms. The molecule has 4 heterocycles. The fourth-order valence-electron chi connectivity index (χ4n) is 7.94. The molecule has 3 amide bonds. The van der Waals surface area contributed by atoms with Gasteiger partial charge in [0.15, 0.2) is 0 Å². The highest BCUT2D eigenvalue weighted by atomic mass is 16.6. The third-order valence-corrected chi connectivity index (χ3v) is 10.3. The summed E-state index contributed by atoms with van der Waals surface area (Å²) in [7, 11) is 1.72. The lowest BCUT2D eigenvalue weighted by Crippen LogP contribution is -2.58. The minimum absolute atomic E-state index is 0.00750. The van der Waals surface area contributed by atoms with Gasteiger partial charge in [0.2, 0.25) is 17.7 Å². The van der Waals surface area contributed by atoms with Gasteiger partial charge in [-0.3, -0.25) is 19.2 Å². The van der Waals surface area contributed by atoms with Gasteiger partial charge in [0.05, 0.1) is 24.7 Å². The number of carbonyl (C=O) groups excluding carboxylic acids is 4. The Labute approximate surface area is 258 Å². The Kier molecular flexibility index (Phi) is 8.66. The summed E-state index contributed by atoms with van der Waals surface area (Å²) in [5, 5.41) is 9.98. The Hall–Kier alpha value is -3.50. The standard InChI is InChI=1S/C34H43N3O7/c1-22-29(23-12-6-3-7-13-23)43-33(42)27-25-17-18-34(44-25)28(27)31(40)37(20-21-38)30(34)32(41)36(24-14-8-4-9-15-24)19-11-5-10-16-26(39)35(22)2/h3,5-7,11-13,17-18,22,24-25,27-30,38H,4,8-10,14-16,19-21H2,1-2H3/b11-5-/t22-,25+,27-,28-,29+,30+,34-/m1/s1. The first-order valence-electron chi connectivity index (χ1n) is 16.0. The molecule has 0 radical (unpaired) electrons. The fraction of sp³-hybridized carbons (Fsp3) is 0.588. The molecule has 1 N–H and O–H groups in total. The summed E-state index contributed by atoms with van der Waals surface area (Å²) in [5.41, 5.74) is -0.598. The maximum atomic E-state index is 14.6. The number of benzene rings is 1. The van der Waals surface area contributed by atoms with Crippen LogP contribution in [0.3, 0.4) is 0 Å². The average molecular weight is 606 g/mol. The van der Waals surface area contributed by atoms with Crippen molar-refractivity contribution in [2.24, 2.45) is 11.8 Å². The molecule has 4 aliphatic heterocycles. The molecule has 6 rings (SSSR count). The van der Waals surface area contributed by atoms with Crippen LogP contribution in [0.2, 0.25) is 0 Å². The molecule has 5 aliphatic rings. The zero-order chi connectivity index (χ0) is 31.0. The molecule has 236 valence electrons. The van der Waals surface area contributed by atoms with Crippen molar-refractivity contribution in [2.75, 3.05) is 26.7 Å². The van der Waals surface area contributed by atoms with Crippen LogP contribution >= 0.6 is 0 Å². The van der Waals surface area contributed by atoms with Crippen molar-refractivity contribution in [3.8, 4) is 0 Å². The summed E-state index contributed by atoms with van der Waals surface area (Å²) in [6.45, 7) is 1.84. The van der Waals surface area contributed by atoms with Crippen LogP contribution in [0.1, 0.15) is 63.5 Å². The predicted molar refractivity (Wildman–Crippen MR) is 161 cm³/mol. The number of β-amino-alcohol motifs (C(OH)–C–C–N with tert-alkyl or cyclic N) is 1. The predicted octanol–water partition coefficient (Wildman–Crippen LogP) is 2.77. The minimum Gasteiger partial charge on any atom is -0.455 e. The van der Waals surface area contributed by atoms with Crippen LogP contribution in [0.5, 0.6) is 0 Å². The number of likely N-dealkylation sites (tertiary alicyclic amines) is 1. The number of carbonyl (C=O) groups is 4. The van der Waals surface area contributed by atoms with E-state index in [1.165, 1.54) is 4.90 Å². The molecular formula is C34H43N3O7. The number of amides is 3. The van der Waals surface area contributed by atoms with Gasteiger partial charge in [-0.1, -0.05) is 73.9 Å². The third-order valence-electron chi connectivity index (χ3n) is 10.3. The van der Waals surface area contributed by atoms with Crippen LogP contribution in [0.15, 0.2) is 54.6 Å². The molecule has 3 fully saturated rings. The van der Waals surface area contributed by atoms with Gasteiger partial charge in [-0.25, -0.2) is 0 Å². The fourth-order valence-corrected chi connectivity index (χ4v) is 7.94. The Morgan fingerprint density at radius 2 is 1.75 bits per heavy atom. The van der Waals surface area contributed by atoms with Gasteiger partial charge in [0, 0.05) is 32.6 Å². The molecule has 1 aliphatic carbocycles. The molecule has 44 heavy (non-hydrogen) atoms. The Balaban J connectivity index is 1.42. The first-order valence-corrected chi connectivity index (χ1v) is 16.0. The van der Waals surface area contributed by atoms with E-state index in [9.17, 15) is 24.3 Å². The van der Waals surface area contributed by atoms with E-state index in [2.05, 4.69) is 0 Å². The van der Waals surface area contributed by atoms with Crippen LogP contribution in [0.4, 0.5) is 0 Å². The molecule has 10 heteroatoms. The van der Waals surface area contributed by atoms with E-state index in [0.29, 0.717) is 13.0 Å². The molecule has 1 aromatic rings.